The normalized spacial score (nSPS) is 18.6. The standard InChI is InChI=1S/C15H20ClN3O/c1-2-19-13-4-3-11(16)9-12(13)18-14(19)15(10-17)5-7-20-8-6-15/h3-4,9H,2,5-8,10,17H2,1H3. The minimum absolute atomic E-state index is 0.0697. The summed E-state index contributed by atoms with van der Waals surface area (Å²) < 4.78 is 7.77. The molecular weight excluding hydrogens is 274 g/mol. The first-order valence-electron chi connectivity index (χ1n) is 7.14. The van der Waals surface area contributed by atoms with Crippen molar-refractivity contribution >= 4 is 22.6 Å². The van der Waals surface area contributed by atoms with E-state index in [0.29, 0.717) is 6.54 Å². The van der Waals surface area contributed by atoms with Gasteiger partial charge in [0.2, 0.25) is 0 Å². The largest absolute Gasteiger partial charge is 0.381 e. The van der Waals surface area contributed by atoms with Crippen LogP contribution in [0.4, 0.5) is 0 Å². The number of benzene rings is 1. The van der Waals surface area contributed by atoms with E-state index in [4.69, 9.17) is 27.1 Å². The Morgan fingerprint density at radius 2 is 2.15 bits per heavy atom. The highest BCUT2D eigenvalue weighted by molar-refractivity contribution is 6.31. The highest BCUT2D eigenvalue weighted by Gasteiger charge is 2.37. The maximum absolute atomic E-state index is 6.11. The van der Waals surface area contributed by atoms with Crippen LogP contribution in [0.1, 0.15) is 25.6 Å². The predicted octanol–water partition coefficient (Wildman–Crippen LogP) is 2.72. The highest BCUT2D eigenvalue weighted by Crippen LogP contribution is 2.35. The van der Waals surface area contributed by atoms with Gasteiger partial charge in [-0.05, 0) is 38.0 Å². The lowest BCUT2D eigenvalue weighted by Crippen LogP contribution is -2.42. The summed E-state index contributed by atoms with van der Waals surface area (Å²) in [6.07, 6.45) is 1.86. The van der Waals surface area contributed by atoms with E-state index in [-0.39, 0.29) is 5.41 Å². The van der Waals surface area contributed by atoms with Gasteiger partial charge in [-0.15, -0.1) is 0 Å². The number of halogens is 1. The number of aryl methyl sites for hydroxylation is 1. The average Bonchev–Trinajstić information content (AvgIpc) is 2.86. The van der Waals surface area contributed by atoms with Gasteiger partial charge in [0.25, 0.3) is 0 Å². The fourth-order valence-electron chi connectivity index (χ4n) is 3.11. The molecule has 20 heavy (non-hydrogen) atoms. The molecule has 0 atom stereocenters. The van der Waals surface area contributed by atoms with E-state index >= 15 is 0 Å². The summed E-state index contributed by atoms with van der Waals surface area (Å²) in [5, 5.41) is 0.721. The quantitative estimate of drug-likeness (QED) is 0.947. The summed E-state index contributed by atoms with van der Waals surface area (Å²) in [5.41, 5.74) is 8.12. The van der Waals surface area contributed by atoms with Crippen LogP contribution in [0.3, 0.4) is 0 Å². The lowest BCUT2D eigenvalue weighted by molar-refractivity contribution is 0.0489. The van der Waals surface area contributed by atoms with E-state index in [0.717, 1.165) is 54.5 Å². The first kappa shape index (κ1) is 13.9. The second kappa shape index (κ2) is 5.35. The molecule has 5 heteroatoms. The van der Waals surface area contributed by atoms with Gasteiger partial charge >= 0.3 is 0 Å². The van der Waals surface area contributed by atoms with Gasteiger partial charge in [-0.25, -0.2) is 4.98 Å². The molecule has 2 N–H and O–H groups in total. The van der Waals surface area contributed by atoms with Gasteiger partial charge in [0.05, 0.1) is 11.0 Å². The Morgan fingerprint density at radius 3 is 2.80 bits per heavy atom. The number of rotatable bonds is 3. The third-order valence-corrected chi connectivity index (χ3v) is 4.58. The fourth-order valence-corrected chi connectivity index (χ4v) is 3.28. The zero-order valence-electron chi connectivity index (χ0n) is 11.7. The van der Waals surface area contributed by atoms with Crippen LogP contribution < -0.4 is 5.73 Å². The van der Waals surface area contributed by atoms with Crippen molar-refractivity contribution in [3.63, 3.8) is 0 Å². The van der Waals surface area contributed by atoms with Gasteiger partial charge < -0.3 is 15.0 Å². The van der Waals surface area contributed by atoms with E-state index in [1.807, 2.05) is 18.2 Å². The van der Waals surface area contributed by atoms with Crippen LogP contribution in [0.15, 0.2) is 18.2 Å². The lowest BCUT2D eigenvalue weighted by Gasteiger charge is -2.35. The zero-order chi connectivity index (χ0) is 14.2. The van der Waals surface area contributed by atoms with E-state index < -0.39 is 0 Å². The van der Waals surface area contributed by atoms with Gasteiger partial charge in [-0.1, -0.05) is 11.6 Å². The van der Waals surface area contributed by atoms with Gasteiger partial charge in [0, 0.05) is 36.7 Å². The van der Waals surface area contributed by atoms with Gasteiger partial charge in [0.1, 0.15) is 5.82 Å². The third-order valence-electron chi connectivity index (χ3n) is 4.34. The Labute approximate surface area is 123 Å². The number of hydrogen-bond acceptors (Lipinski definition) is 3. The molecule has 0 unspecified atom stereocenters. The van der Waals surface area contributed by atoms with Gasteiger partial charge in [-0.3, -0.25) is 0 Å². The van der Waals surface area contributed by atoms with E-state index in [1.54, 1.807) is 0 Å². The first-order valence-corrected chi connectivity index (χ1v) is 7.52. The number of imidazole rings is 1. The van der Waals surface area contributed by atoms with E-state index in [9.17, 15) is 0 Å². The summed E-state index contributed by atoms with van der Waals surface area (Å²) in [6, 6.07) is 5.89. The van der Waals surface area contributed by atoms with Crippen LogP contribution in [-0.2, 0) is 16.7 Å². The van der Waals surface area contributed by atoms with Crippen molar-refractivity contribution in [3.05, 3.63) is 29.0 Å². The number of nitrogens with two attached hydrogens (primary N) is 1. The second-order valence-corrected chi connectivity index (χ2v) is 5.85. The Kier molecular flexibility index (Phi) is 3.71. The van der Waals surface area contributed by atoms with Crippen LogP contribution in [0.5, 0.6) is 0 Å². The first-order chi connectivity index (χ1) is 9.70. The molecule has 2 heterocycles. The Bertz CT molecular complexity index is 617. The molecule has 1 aromatic carbocycles. The molecule has 0 amide bonds. The maximum atomic E-state index is 6.11. The zero-order valence-corrected chi connectivity index (χ0v) is 12.5. The molecule has 108 valence electrons. The molecule has 3 rings (SSSR count). The van der Waals surface area contributed by atoms with Gasteiger partial charge in [0.15, 0.2) is 0 Å². The minimum atomic E-state index is -0.0697. The van der Waals surface area contributed by atoms with Crippen molar-refractivity contribution in [3.8, 4) is 0 Å². The topological polar surface area (TPSA) is 53.1 Å². The molecule has 0 spiro atoms. The number of nitrogens with zero attached hydrogens (tertiary/aromatic N) is 2. The summed E-state index contributed by atoms with van der Waals surface area (Å²) in [7, 11) is 0. The number of aromatic nitrogens is 2. The number of ether oxygens (including phenoxy) is 1. The van der Waals surface area contributed by atoms with E-state index in [2.05, 4.69) is 11.5 Å². The molecule has 1 aliphatic rings. The summed E-state index contributed by atoms with van der Waals surface area (Å²) >= 11 is 6.08. The molecule has 0 radical (unpaired) electrons. The molecule has 4 nitrogen and oxygen atoms in total. The predicted molar refractivity (Wildman–Crippen MR) is 81.2 cm³/mol. The molecule has 1 fully saturated rings. The fraction of sp³-hybridized carbons (Fsp3) is 0.533. The maximum Gasteiger partial charge on any atom is 0.117 e. The van der Waals surface area contributed by atoms with Crippen LogP contribution in [0.2, 0.25) is 5.02 Å². The number of fused-ring (bicyclic) bond motifs is 1. The molecule has 1 aliphatic heterocycles. The third kappa shape index (κ3) is 2.12. The van der Waals surface area contributed by atoms with Crippen molar-refractivity contribution in [1.82, 2.24) is 9.55 Å². The monoisotopic (exact) mass is 293 g/mol. The average molecular weight is 294 g/mol. The molecule has 1 saturated heterocycles. The molecule has 2 aromatic rings. The highest BCUT2D eigenvalue weighted by atomic mass is 35.5. The van der Waals surface area contributed by atoms with Crippen LogP contribution in [-0.4, -0.2) is 29.3 Å². The van der Waals surface area contributed by atoms with Crippen LogP contribution in [0, 0.1) is 0 Å². The number of hydrogen-bond donors (Lipinski definition) is 1. The molecule has 0 aliphatic carbocycles. The summed E-state index contributed by atoms with van der Waals surface area (Å²) in [4.78, 5) is 4.85. The summed E-state index contributed by atoms with van der Waals surface area (Å²) in [5.74, 6) is 1.09. The molecular formula is C15H20ClN3O. The Morgan fingerprint density at radius 1 is 1.40 bits per heavy atom. The van der Waals surface area contributed by atoms with Crippen LogP contribution in [0.25, 0.3) is 11.0 Å². The van der Waals surface area contributed by atoms with Crippen LogP contribution >= 0.6 is 11.6 Å². The van der Waals surface area contributed by atoms with Crippen molar-refractivity contribution in [2.24, 2.45) is 5.73 Å². The Hall–Kier alpha value is -1.10. The SMILES string of the molecule is CCn1c(C2(CN)CCOCC2)nc2cc(Cl)ccc21. The lowest BCUT2D eigenvalue weighted by atomic mass is 9.79. The Balaban J connectivity index is 2.18. The van der Waals surface area contributed by atoms with Gasteiger partial charge in [-0.2, -0.15) is 0 Å². The van der Waals surface area contributed by atoms with Crippen molar-refractivity contribution in [2.75, 3.05) is 19.8 Å². The van der Waals surface area contributed by atoms with Crippen molar-refractivity contribution in [1.29, 1.82) is 0 Å². The molecule has 1 aromatic heterocycles. The molecule has 0 saturated carbocycles. The van der Waals surface area contributed by atoms with Crippen molar-refractivity contribution in [2.45, 2.75) is 31.7 Å². The minimum Gasteiger partial charge on any atom is -0.381 e. The smallest absolute Gasteiger partial charge is 0.117 e. The molecule has 0 bridgehead atoms. The summed E-state index contributed by atoms with van der Waals surface area (Å²) in [6.45, 7) is 5.14. The second-order valence-electron chi connectivity index (χ2n) is 5.41. The van der Waals surface area contributed by atoms with Crippen molar-refractivity contribution < 1.29 is 4.74 Å². The van der Waals surface area contributed by atoms with E-state index in [1.165, 1.54) is 0 Å².